The van der Waals surface area contributed by atoms with Gasteiger partial charge in [0.05, 0.1) is 19.3 Å². The zero-order chi connectivity index (χ0) is 13.4. The highest BCUT2D eigenvalue weighted by Crippen LogP contribution is 2.26. The fourth-order valence-corrected chi connectivity index (χ4v) is 3.30. The number of methoxy groups -OCH3 is 1. The van der Waals surface area contributed by atoms with Crippen LogP contribution in [0.1, 0.15) is 0 Å². The molecule has 2 aromatic heterocycles. The van der Waals surface area contributed by atoms with Crippen molar-refractivity contribution in [2.75, 3.05) is 13.4 Å². The van der Waals surface area contributed by atoms with Gasteiger partial charge in [0, 0.05) is 5.56 Å². The van der Waals surface area contributed by atoms with Crippen LogP contribution in [-0.2, 0) is 7.05 Å². The Kier molecular flexibility index (Phi) is 3.16. The zero-order valence-corrected chi connectivity index (χ0v) is 12.5. The molecule has 0 radical (unpaired) electrons. The molecule has 2 heterocycles. The molecule has 0 aliphatic carbocycles. The van der Waals surface area contributed by atoms with Gasteiger partial charge in [-0.1, -0.05) is 26.1 Å². The van der Waals surface area contributed by atoms with Crippen LogP contribution in [0.4, 0.5) is 0 Å². The second kappa shape index (κ2) is 4.82. The lowest BCUT2D eigenvalue weighted by Gasteiger charge is -1.99. The maximum Gasteiger partial charge on any atom is 0.361 e. The Morgan fingerprint density at radius 3 is 2.68 bits per heavy atom. The molecule has 1 aromatic carbocycles. The van der Waals surface area contributed by atoms with Crippen molar-refractivity contribution in [1.82, 2.24) is 14.9 Å². The van der Waals surface area contributed by atoms with E-state index in [0.29, 0.717) is 0 Å². The molecule has 0 bridgehead atoms. The Labute approximate surface area is 118 Å². The number of hydrogen-bond acceptors (Lipinski definition) is 5. The van der Waals surface area contributed by atoms with E-state index in [0.717, 1.165) is 26.4 Å². The third-order valence-electron chi connectivity index (χ3n) is 2.77. The quantitative estimate of drug-likeness (QED) is 0.547. The van der Waals surface area contributed by atoms with Crippen molar-refractivity contribution in [3.8, 4) is 16.3 Å². The van der Waals surface area contributed by atoms with Crippen LogP contribution in [0.5, 0.6) is 5.75 Å². The van der Waals surface area contributed by atoms with E-state index in [1.54, 1.807) is 30.2 Å². The number of nitrogens with zero attached hydrogens (tertiary/aromatic N) is 4. The van der Waals surface area contributed by atoms with Gasteiger partial charge in [-0.25, -0.2) is 0 Å². The van der Waals surface area contributed by atoms with Crippen LogP contribution in [0, 0.1) is 0 Å². The number of benzene rings is 1. The summed E-state index contributed by atoms with van der Waals surface area (Å²) in [6.45, 7) is 0. The monoisotopic (exact) mass is 293 g/mol. The predicted molar refractivity (Wildman–Crippen MR) is 75.8 cm³/mol. The molecule has 0 fully saturated rings. The largest absolute Gasteiger partial charge is 0.497 e. The normalized spacial score (nSPS) is 11.1. The molecular formula is C12H13N4OS2+. The van der Waals surface area contributed by atoms with Gasteiger partial charge in [0.2, 0.25) is 0 Å². The first kappa shape index (κ1) is 12.4. The summed E-state index contributed by atoms with van der Waals surface area (Å²) >= 11 is 3.21. The molecule has 0 N–H and O–H groups in total. The SMILES string of the molecule is COc1ccc(-c2n[n+]3c(SC)nn(C)c3s2)cc1. The van der Waals surface area contributed by atoms with E-state index in [4.69, 9.17) is 4.74 Å². The molecule has 0 unspecified atom stereocenters. The Bertz CT molecular complexity index is 717. The van der Waals surface area contributed by atoms with Crippen molar-refractivity contribution in [3.05, 3.63) is 24.3 Å². The zero-order valence-electron chi connectivity index (χ0n) is 10.8. The third kappa shape index (κ3) is 2.08. The topological polar surface area (TPSA) is 44.0 Å². The van der Waals surface area contributed by atoms with Crippen LogP contribution >= 0.6 is 23.1 Å². The summed E-state index contributed by atoms with van der Waals surface area (Å²) in [4.78, 5) is 1.02. The fourth-order valence-electron chi connectivity index (χ4n) is 1.80. The summed E-state index contributed by atoms with van der Waals surface area (Å²) < 4.78 is 8.91. The molecule has 3 aromatic rings. The van der Waals surface area contributed by atoms with E-state index in [-0.39, 0.29) is 0 Å². The highest BCUT2D eigenvalue weighted by molar-refractivity contribution is 7.98. The van der Waals surface area contributed by atoms with Crippen molar-refractivity contribution in [3.63, 3.8) is 0 Å². The fraction of sp³-hybridized carbons (Fsp3) is 0.250. The van der Waals surface area contributed by atoms with E-state index in [9.17, 15) is 0 Å². The predicted octanol–water partition coefficient (Wildman–Crippen LogP) is 2.01. The van der Waals surface area contributed by atoms with Gasteiger partial charge >= 0.3 is 10.1 Å². The van der Waals surface area contributed by atoms with Crippen LogP contribution < -0.4 is 9.25 Å². The lowest BCUT2D eigenvalue weighted by molar-refractivity contribution is -0.616. The molecule has 0 aliphatic heterocycles. The Hall–Kier alpha value is -1.60. The lowest BCUT2D eigenvalue weighted by Crippen LogP contribution is -2.23. The molecule has 0 saturated carbocycles. The molecule has 5 nitrogen and oxygen atoms in total. The first-order chi connectivity index (χ1) is 9.22. The average molecular weight is 293 g/mol. The molecular weight excluding hydrogens is 280 g/mol. The third-order valence-corrected chi connectivity index (χ3v) is 4.52. The standard InChI is InChI=1S/C12H13N4OS2/c1-15-12-16(11(14-15)18-3)13-10(19-12)8-4-6-9(17-2)7-5-8/h4-7H,1-3H3/q+1. The van der Waals surface area contributed by atoms with E-state index >= 15 is 0 Å². The minimum atomic E-state index is 0.851. The summed E-state index contributed by atoms with van der Waals surface area (Å²) in [5.74, 6) is 0.851. The molecule has 0 amide bonds. The van der Waals surface area contributed by atoms with E-state index < -0.39 is 0 Å². The molecule has 7 heteroatoms. The van der Waals surface area contributed by atoms with E-state index in [1.165, 1.54) is 0 Å². The summed E-state index contributed by atoms with van der Waals surface area (Å²) in [5.41, 5.74) is 1.08. The minimum absolute atomic E-state index is 0.851. The Morgan fingerprint density at radius 2 is 2.05 bits per heavy atom. The van der Waals surface area contributed by atoms with Gasteiger partial charge in [0.15, 0.2) is 5.01 Å². The summed E-state index contributed by atoms with van der Waals surface area (Å²) in [7, 11) is 3.60. The maximum atomic E-state index is 5.16. The Balaban J connectivity index is 2.09. The van der Waals surface area contributed by atoms with Crippen LogP contribution in [0.2, 0.25) is 0 Å². The second-order valence-electron chi connectivity index (χ2n) is 3.94. The van der Waals surface area contributed by atoms with Crippen molar-refractivity contribution < 1.29 is 9.25 Å². The van der Waals surface area contributed by atoms with E-state index in [1.807, 2.05) is 46.8 Å². The van der Waals surface area contributed by atoms with Crippen molar-refractivity contribution in [2.24, 2.45) is 7.05 Å². The number of rotatable bonds is 3. The summed E-state index contributed by atoms with van der Waals surface area (Å²) in [6, 6.07) is 7.92. The van der Waals surface area contributed by atoms with Crippen LogP contribution in [0.25, 0.3) is 15.5 Å². The van der Waals surface area contributed by atoms with Gasteiger partial charge in [0.25, 0.3) is 0 Å². The summed E-state index contributed by atoms with van der Waals surface area (Å²) in [6.07, 6.45) is 2.00. The first-order valence-corrected chi connectivity index (χ1v) is 7.71. The number of fused-ring (bicyclic) bond motifs is 1. The molecule has 98 valence electrons. The van der Waals surface area contributed by atoms with Gasteiger partial charge in [-0.15, -0.1) is 0 Å². The van der Waals surface area contributed by atoms with Gasteiger partial charge < -0.3 is 4.74 Å². The van der Waals surface area contributed by atoms with Gasteiger partial charge in [0.1, 0.15) is 5.75 Å². The number of thioether (sulfide) groups is 1. The number of aryl methyl sites for hydroxylation is 1. The van der Waals surface area contributed by atoms with Gasteiger partial charge in [-0.3, -0.25) is 0 Å². The number of ether oxygens (including phenoxy) is 1. The maximum absolute atomic E-state index is 5.16. The highest BCUT2D eigenvalue weighted by atomic mass is 32.2. The smallest absolute Gasteiger partial charge is 0.361 e. The molecule has 0 spiro atoms. The lowest BCUT2D eigenvalue weighted by atomic mass is 10.2. The van der Waals surface area contributed by atoms with Crippen molar-refractivity contribution >= 4 is 28.1 Å². The van der Waals surface area contributed by atoms with E-state index in [2.05, 4.69) is 10.2 Å². The van der Waals surface area contributed by atoms with Crippen molar-refractivity contribution in [1.29, 1.82) is 0 Å². The molecule has 19 heavy (non-hydrogen) atoms. The van der Waals surface area contributed by atoms with Crippen LogP contribution in [-0.4, -0.2) is 28.2 Å². The molecule has 0 atom stereocenters. The summed E-state index contributed by atoms with van der Waals surface area (Å²) in [5, 5.41) is 10.9. The van der Waals surface area contributed by atoms with Crippen LogP contribution in [0.3, 0.4) is 0 Å². The number of aromatic nitrogens is 4. The van der Waals surface area contributed by atoms with Crippen molar-refractivity contribution in [2.45, 2.75) is 5.16 Å². The highest BCUT2D eigenvalue weighted by Gasteiger charge is 2.22. The molecule has 0 aliphatic rings. The Morgan fingerprint density at radius 1 is 1.32 bits per heavy atom. The second-order valence-corrected chi connectivity index (χ2v) is 5.67. The van der Waals surface area contributed by atoms with Gasteiger partial charge in [-0.05, 0) is 41.9 Å². The number of hydrogen-bond donors (Lipinski definition) is 0. The average Bonchev–Trinajstić information content (AvgIpc) is 3.00. The minimum Gasteiger partial charge on any atom is -0.497 e. The first-order valence-electron chi connectivity index (χ1n) is 5.67. The molecule has 3 rings (SSSR count). The molecule has 0 saturated heterocycles. The van der Waals surface area contributed by atoms with Gasteiger partial charge in [-0.2, -0.15) is 0 Å². The van der Waals surface area contributed by atoms with Crippen LogP contribution in [0.15, 0.2) is 29.4 Å².